The van der Waals surface area contributed by atoms with Crippen LogP contribution in [0.5, 0.6) is 0 Å². The van der Waals surface area contributed by atoms with Gasteiger partial charge in [0.05, 0.1) is 5.69 Å². The van der Waals surface area contributed by atoms with Gasteiger partial charge in [-0.25, -0.2) is 19.2 Å². The van der Waals surface area contributed by atoms with Crippen molar-refractivity contribution < 1.29 is 9.18 Å². The van der Waals surface area contributed by atoms with Gasteiger partial charge in [-0.3, -0.25) is 0 Å². The molecule has 0 radical (unpaired) electrons. The topological polar surface area (TPSA) is 71.8 Å². The van der Waals surface area contributed by atoms with Crippen LogP contribution in [0.4, 0.5) is 14.9 Å². The zero-order valence-corrected chi connectivity index (χ0v) is 15.0. The average Bonchev–Trinajstić information content (AvgIpc) is 3.09. The van der Waals surface area contributed by atoms with Crippen LogP contribution in [0.2, 0.25) is 0 Å². The third-order valence-corrected chi connectivity index (χ3v) is 4.28. The molecule has 2 amide bonds. The molecular weight excluding hydrogens is 357 g/mol. The van der Waals surface area contributed by atoms with Crippen molar-refractivity contribution in [2.24, 2.45) is 0 Å². The van der Waals surface area contributed by atoms with E-state index in [9.17, 15) is 9.18 Å². The Morgan fingerprint density at radius 3 is 2.61 bits per heavy atom. The highest BCUT2D eigenvalue weighted by atomic mass is 19.1. The minimum absolute atomic E-state index is 0.139. The number of hydrogen-bond acceptors (Lipinski definition) is 3. The Kier molecular flexibility index (Phi) is 4.97. The second-order valence-electron chi connectivity index (χ2n) is 6.16. The molecule has 0 saturated carbocycles. The van der Waals surface area contributed by atoms with Crippen LogP contribution in [-0.2, 0) is 6.54 Å². The monoisotopic (exact) mass is 375 g/mol. The number of pyridine rings is 1. The zero-order chi connectivity index (χ0) is 19.3. The lowest BCUT2D eigenvalue weighted by atomic mass is 10.2. The maximum Gasteiger partial charge on any atom is 0.319 e. The van der Waals surface area contributed by atoms with Gasteiger partial charge in [0.15, 0.2) is 5.65 Å². The van der Waals surface area contributed by atoms with Gasteiger partial charge in [-0.15, -0.1) is 0 Å². The molecule has 4 rings (SSSR count). The van der Waals surface area contributed by atoms with Gasteiger partial charge in [-0.1, -0.05) is 42.5 Å². The largest absolute Gasteiger partial charge is 0.336 e. The number of urea groups is 1. The molecule has 2 aromatic carbocycles. The number of aromatic nitrogens is 3. The summed E-state index contributed by atoms with van der Waals surface area (Å²) < 4.78 is 15.6. The number of benzene rings is 2. The Hall–Kier alpha value is -3.74. The summed E-state index contributed by atoms with van der Waals surface area (Å²) in [6, 6.07) is 19.1. The summed E-state index contributed by atoms with van der Waals surface area (Å²) in [5.74, 6) is 0.305. The SMILES string of the molecule is O=C(NCCn1c(-c2ccccc2)nc2cccnc21)Nc1ccccc1F. The number of imidazole rings is 1. The van der Waals surface area contributed by atoms with Crippen LogP contribution in [0, 0.1) is 5.82 Å². The molecule has 0 fully saturated rings. The number of hydrogen-bond donors (Lipinski definition) is 2. The van der Waals surface area contributed by atoms with E-state index in [0.29, 0.717) is 13.1 Å². The lowest BCUT2D eigenvalue weighted by Crippen LogP contribution is -2.31. The maximum atomic E-state index is 13.6. The molecule has 0 aliphatic heterocycles. The predicted octanol–water partition coefficient (Wildman–Crippen LogP) is 4.06. The Morgan fingerprint density at radius 1 is 1.00 bits per heavy atom. The van der Waals surface area contributed by atoms with E-state index in [4.69, 9.17) is 0 Å². The molecule has 140 valence electrons. The number of anilines is 1. The van der Waals surface area contributed by atoms with Crippen molar-refractivity contribution in [3.8, 4) is 11.4 Å². The summed E-state index contributed by atoms with van der Waals surface area (Å²) in [6.07, 6.45) is 1.72. The predicted molar refractivity (Wildman–Crippen MR) is 106 cm³/mol. The molecule has 0 saturated heterocycles. The van der Waals surface area contributed by atoms with E-state index in [1.165, 1.54) is 12.1 Å². The molecule has 6 nitrogen and oxygen atoms in total. The van der Waals surface area contributed by atoms with Gasteiger partial charge in [0, 0.05) is 24.8 Å². The summed E-state index contributed by atoms with van der Waals surface area (Å²) in [5, 5.41) is 5.26. The first-order valence-corrected chi connectivity index (χ1v) is 8.88. The Bertz CT molecular complexity index is 1110. The van der Waals surface area contributed by atoms with Gasteiger partial charge < -0.3 is 15.2 Å². The van der Waals surface area contributed by atoms with E-state index in [-0.39, 0.29) is 5.69 Å². The Morgan fingerprint density at radius 2 is 1.79 bits per heavy atom. The standard InChI is InChI=1S/C21H18FN5O/c22-16-9-4-5-10-17(16)26-21(28)24-13-14-27-19(15-7-2-1-3-8-15)25-18-11-6-12-23-20(18)27/h1-12H,13-14H2,(H2,24,26,28). The lowest BCUT2D eigenvalue weighted by Gasteiger charge is -2.11. The molecule has 0 aliphatic rings. The highest BCUT2D eigenvalue weighted by Gasteiger charge is 2.13. The van der Waals surface area contributed by atoms with Crippen LogP contribution in [-0.4, -0.2) is 27.1 Å². The smallest absolute Gasteiger partial charge is 0.319 e. The fraction of sp³-hybridized carbons (Fsp3) is 0.0952. The molecule has 0 bridgehead atoms. The molecule has 7 heteroatoms. The molecule has 2 heterocycles. The number of amides is 2. The number of carbonyl (C=O) groups excluding carboxylic acids is 1. The van der Waals surface area contributed by atoms with Crippen LogP contribution in [0.3, 0.4) is 0 Å². The fourth-order valence-electron chi connectivity index (χ4n) is 2.99. The van der Waals surface area contributed by atoms with Crippen LogP contribution in [0.15, 0.2) is 72.9 Å². The summed E-state index contributed by atoms with van der Waals surface area (Å²) in [6.45, 7) is 0.810. The van der Waals surface area contributed by atoms with Crippen LogP contribution in [0.1, 0.15) is 0 Å². The van der Waals surface area contributed by atoms with Crippen LogP contribution < -0.4 is 10.6 Å². The number of para-hydroxylation sites is 1. The molecule has 0 unspecified atom stereocenters. The zero-order valence-electron chi connectivity index (χ0n) is 15.0. The molecule has 2 aromatic heterocycles. The second kappa shape index (κ2) is 7.87. The molecular formula is C21H18FN5O. The van der Waals surface area contributed by atoms with E-state index < -0.39 is 11.8 Å². The minimum atomic E-state index is -0.478. The van der Waals surface area contributed by atoms with Crippen molar-refractivity contribution >= 4 is 22.9 Å². The number of halogens is 1. The first kappa shape index (κ1) is 17.7. The van der Waals surface area contributed by atoms with Gasteiger partial charge in [-0.2, -0.15) is 0 Å². The molecule has 2 N–H and O–H groups in total. The van der Waals surface area contributed by atoms with Crippen molar-refractivity contribution in [2.45, 2.75) is 6.54 Å². The average molecular weight is 375 g/mol. The third-order valence-electron chi connectivity index (χ3n) is 4.28. The summed E-state index contributed by atoms with van der Waals surface area (Å²) in [4.78, 5) is 21.2. The van der Waals surface area contributed by atoms with Crippen molar-refractivity contribution in [1.29, 1.82) is 0 Å². The van der Waals surface area contributed by atoms with Gasteiger partial charge in [0.25, 0.3) is 0 Å². The second-order valence-corrected chi connectivity index (χ2v) is 6.16. The van der Waals surface area contributed by atoms with Gasteiger partial charge in [-0.05, 0) is 24.3 Å². The first-order chi connectivity index (χ1) is 13.7. The Labute approximate surface area is 161 Å². The van der Waals surface area contributed by atoms with E-state index in [0.717, 1.165) is 22.6 Å². The normalized spacial score (nSPS) is 10.8. The van der Waals surface area contributed by atoms with E-state index >= 15 is 0 Å². The molecule has 4 aromatic rings. The number of carbonyl (C=O) groups is 1. The van der Waals surface area contributed by atoms with Gasteiger partial charge >= 0.3 is 6.03 Å². The molecule has 0 aliphatic carbocycles. The number of rotatable bonds is 5. The van der Waals surface area contributed by atoms with E-state index in [1.54, 1.807) is 18.3 Å². The highest BCUT2D eigenvalue weighted by molar-refractivity contribution is 5.89. The number of fused-ring (bicyclic) bond motifs is 1. The van der Waals surface area contributed by atoms with E-state index in [2.05, 4.69) is 20.6 Å². The Balaban J connectivity index is 1.50. The summed E-state index contributed by atoms with van der Waals surface area (Å²) >= 11 is 0. The highest BCUT2D eigenvalue weighted by Crippen LogP contribution is 2.23. The quantitative estimate of drug-likeness (QED) is 0.553. The molecule has 0 atom stereocenters. The van der Waals surface area contributed by atoms with Gasteiger partial charge in [0.2, 0.25) is 0 Å². The number of nitrogens with zero attached hydrogens (tertiary/aromatic N) is 3. The van der Waals surface area contributed by atoms with Crippen molar-refractivity contribution in [1.82, 2.24) is 19.9 Å². The first-order valence-electron chi connectivity index (χ1n) is 8.88. The minimum Gasteiger partial charge on any atom is -0.336 e. The number of nitrogens with one attached hydrogen (secondary N) is 2. The van der Waals surface area contributed by atoms with Crippen molar-refractivity contribution in [3.63, 3.8) is 0 Å². The maximum absolute atomic E-state index is 13.6. The van der Waals surface area contributed by atoms with Crippen molar-refractivity contribution in [2.75, 3.05) is 11.9 Å². The fourth-order valence-corrected chi connectivity index (χ4v) is 2.99. The summed E-state index contributed by atoms with van der Waals surface area (Å²) in [7, 11) is 0. The van der Waals surface area contributed by atoms with Crippen molar-refractivity contribution in [3.05, 3.63) is 78.7 Å². The van der Waals surface area contributed by atoms with E-state index in [1.807, 2.05) is 47.0 Å². The molecule has 28 heavy (non-hydrogen) atoms. The lowest BCUT2D eigenvalue weighted by molar-refractivity contribution is 0.251. The van der Waals surface area contributed by atoms with Crippen LogP contribution in [0.25, 0.3) is 22.6 Å². The summed E-state index contributed by atoms with van der Waals surface area (Å²) in [5.41, 5.74) is 2.64. The van der Waals surface area contributed by atoms with Crippen LogP contribution >= 0.6 is 0 Å². The third kappa shape index (κ3) is 3.68. The molecule has 0 spiro atoms. The van der Waals surface area contributed by atoms with Gasteiger partial charge in [0.1, 0.15) is 17.2 Å².